The van der Waals surface area contributed by atoms with Gasteiger partial charge in [-0.1, -0.05) is 18.2 Å². The molecule has 0 amide bonds. The lowest BCUT2D eigenvalue weighted by atomic mass is 10.1. The monoisotopic (exact) mass is 282 g/mol. The number of rotatable bonds is 4. The van der Waals surface area contributed by atoms with E-state index in [1.165, 1.54) is 0 Å². The van der Waals surface area contributed by atoms with Gasteiger partial charge in [0.2, 0.25) is 0 Å². The first-order valence-corrected chi connectivity index (χ1v) is 6.51. The number of benzene rings is 1. The number of aromatic nitrogens is 2. The summed E-state index contributed by atoms with van der Waals surface area (Å²) in [6, 6.07) is 13.0. The zero-order chi connectivity index (χ0) is 14.8. The molecule has 21 heavy (non-hydrogen) atoms. The highest BCUT2D eigenvalue weighted by atomic mass is 16.5. The van der Waals surface area contributed by atoms with E-state index in [4.69, 9.17) is 9.84 Å². The molecule has 5 nitrogen and oxygen atoms in total. The number of methoxy groups -OCH3 is 1. The molecule has 0 radical (unpaired) electrons. The number of ether oxygens (including phenoxy) is 1. The van der Waals surface area contributed by atoms with Gasteiger partial charge in [-0.2, -0.15) is 0 Å². The van der Waals surface area contributed by atoms with Crippen molar-refractivity contribution in [1.29, 1.82) is 0 Å². The average molecular weight is 282 g/mol. The maximum Gasteiger partial charge on any atom is 0.309 e. The van der Waals surface area contributed by atoms with Crippen LogP contribution >= 0.6 is 0 Å². The van der Waals surface area contributed by atoms with Crippen molar-refractivity contribution in [2.75, 3.05) is 7.11 Å². The highest BCUT2D eigenvalue weighted by molar-refractivity contribution is 5.76. The molecule has 0 saturated heterocycles. The second kappa shape index (κ2) is 5.28. The number of nitrogens with zero attached hydrogens (tertiary/aromatic N) is 2. The van der Waals surface area contributed by atoms with Crippen LogP contribution in [0.3, 0.4) is 0 Å². The third kappa shape index (κ3) is 2.45. The summed E-state index contributed by atoms with van der Waals surface area (Å²) in [7, 11) is 1.60. The Kier molecular flexibility index (Phi) is 3.31. The van der Waals surface area contributed by atoms with Crippen molar-refractivity contribution in [1.82, 2.24) is 9.38 Å². The van der Waals surface area contributed by atoms with Crippen LogP contribution in [0.15, 0.2) is 48.7 Å². The van der Waals surface area contributed by atoms with Gasteiger partial charge in [0.15, 0.2) is 0 Å². The summed E-state index contributed by atoms with van der Waals surface area (Å²) in [6.07, 6.45) is 1.74. The summed E-state index contributed by atoms with van der Waals surface area (Å²) in [5, 5.41) is 9.15. The van der Waals surface area contributed by atoms with Gasteiger partial charge >= 0.3 is 5.97 Å². The minimum atomic E-state index is -0.884. The number of pyridine rings is 1. The lowest BCUT2D eigenvalue weighted by Gasteiger charge is -2.05. The smallest absolute Gasteiger partial charge is 0.309 e. The summed E-state index contributed by atoms with van der Waals surface area (Å²) in [5.41, 5.74) is 2.90. The van der Waals surface area contributed by atoms with E-state index in [9.17, 15) is 4.79 Å². The summed E-state index contributed by atoms with van der Waals surface area (Å²) < 4.78 is 7.03. The van der Waals surface area contributed by atoms with Crippen LogP contribution in [0.4, 0.5) is 0 Å². The zero-order valence-electron chi connectivity index (χ0n) is 11.5. The second-order valence-corrected chi connectivity index (χ2v) is 4.64. The van der Waals surface area contributed by atoms with E-state index in [2.05, 4.69) is 4.98 Å². The highest BCUT2D eigenvalue weighted by Crippen LogP contribution is 2.27. The van der Waals surface area contributed by atoms with Crippen LogP contribution in [0.2, 0.25) is 0 Å². The van der Waals surface area contributed by atoms with E-state index in [0.717, 1.165) is 11.2 Å². The Morgan fingerprint density at radius 2 is 2.14 bits per heavy atom. The van der Waals surface area contributed by atoms with E-state index in [1.54, 1.807) is 7.11 Å². The van der Waals surface area contributed by atoms with Crippen LogP contribution in [-0.4, -0.2) is 27.6 Å². The van der Waals surface area contributed by atoms with Gasteiger partial charge < -0.3 is 14.2 Å². The molecule has 0 aliphatic heterocycles. The van der Waals surface area contributed by atoms with E-state index < -0.39 is 5.97 Å². The first-order chi connectivity index (χ1) is 10.2. The van der Waals surface area contributed by atoms with Gasteiger partial charge in [0.1, 0.15) is 11.4 Å². The average Bonchev–Trinajstić information content (AvgIpc) is 2.86. The Morgan fingerprint density at radius 1 is 1.29 bits per heavy atom. The van der Waals surface area contributed by atoms with Crippen LogP contribution in [0.1, 0.15) is 5.69 Å². The van der Waals surface area contributed by atoms with Crippen molar-refractivity contribution >= 4 is 11.6 Å². The van der Waals surface area contributed by atoms with Crippen molar-refractivity contribution in [3.05, 3.63) is 54.4 Å². The minimum absolute atomic E-state index is 0.0856. The first-order valence-electron chi connectivity index (χ1n) is 6.51. The highest BCUT2D eigenvalue weighted by Gasteiger charge is 2.16. The Balaban J connectivity index is 2.22. The summed E-state index contributed by atoms with van der Waals surface area (Å²) in [6.45, 7) is 0. The number of carboxylic acids is 1. The molecule has 0 atom stereocenters. The number of aliphatic carboxylic acids is 1. The molecule has 0 spiro atoms. The molecule has 0 bridgehead atoms. The molecule has 106 valence electrons. The predicted octanol–water partition coefficient (Wildman–Crippen LogP) is 2.64. The van der Waals surface area contributed by atoms with E-state index in [-0.39, 0.29) is 6.42 Å². The van der Waals surface area contributed by atoms with Crippen LogP contribution in [-0.2, 0) is 11.2 Å². The van der Waals surface area contributed by atoms with Gasteiger partial charge in [0, 0.05) is 11.8 Å². The van der Waals surface area contributed by atoms with Crippen molar-refractivity contribution in [2.24, 2.45) is 0 Å². The molecule has 3 aromatic rings. The lowest BCUT2D eigenvalue weighted by Crippen LogP contribution is -2.04. The van der Waals surface area contributed by atoms with Crippen molar-refractivity contribution < 1.29 is 14.6 Å². The van der Waals surface area contributed by atoms with Gasteiger partial charge in [-0.25, -0.2) is 4.98 Å². The van der Waals surface area contributed by atoms with E-state index in [0.29, 0.717) is 17.1 Å². The van der Waals surface area contributed by atoms with Crippen molar-refractivity contribution in [3.63, 3.8) is 0 Å². The number of hydrogen-bond donors (Lipinski definition) is 1. The van der Waals surface area contributed by atoms with E-state index in [1.807, 2.05) is 53.1 Å². The molecule has 0 aliphatic carbocycles. The maximum absolute atomic E-state index is 11.2. The number of carbonyl (C=O) groups is 1. The molecule has 3 rings (SSSR count). The van der Waals surface area contributed by atoms with Gasteiger partial charge in [-0.05, 0) is 24.3 Å². The fraction of sp³-hybridized carbons (Fsp3) is 0.125. The van der Waals surface area contributed by atoms with Gasteiger partial charge in [-0.3, -0.25) is 4.79 Å². The van der Waals surface area contributed by atoms with Gasteiger partial charge in [-0.15, -0.1) is 0 Å². The van der Waals surface area contributed by atoms with Crippen molar-refractivity contribution in [2.45, 2.75) is 6.42 Å². The van der Waals surface area contributed by atoms with Gasteiger partial charge in [0.25, 0.3) is 0 Å². The van der Waals surface area contributed by atoms with Crippen LogP contribution in [0.25, 0.3) is 16.9 Å². The number of hydrogen-bond acceptors (Lipinski definition) is 3. The maximum atomic E-state index is 11.2. The van der Waals surface area contributed by atoms with Gasteiger partial charge in [0.05, 0.1) is 24.9 Å². The summed E-state index contributed by atoms with van der Waals surface area (Å²) >= 11 is 0. The fourth-order valence-electron chi connectivity index (χ4n) is 2.36. The molecule has 0 unspecified atom stereocenters. The normalized spacial score (nSPS) is 10.7. The zero-order valence-corrected chi connectivity index (χ0v) is 11.5. The molecule has 1 N–H and O–H groups in total. The summed E-state index contributed by atoms with van der Waals surface area (Å²) in [5.74, 6) is -0.171. The Hall–Kier alpha value is -2.82. The Bertz CT molecular complexity index is 808. The second-order valence-electron chi connectivity index (χ2n) is 4.64. The van der Waals surface area contributed by atoms with E-state index >= 15 is 0 Å². The quantitative estimate of drug-likeness (QED) is 0.799. The molecule has 0 saturated carbocycles. The molecular weight excluding hydrogens is 268 g/mol. The van der Waals surface area contributed by atoms with Crippen LogP contribution in [0, 0.1) is 0 Å². The third-order valence-electron chi connectivity index (χ3n) is 3.29. The predicted molar refractivity (Wildman–Crippen MR) is 78.5 cm³/mol. The lowest BCUT2D eigenvalue weighted by molar-refractivity contribution is -0.136. The largest absolute Gasteiger partial charge is 0.497 e. The minimum Gasteiger partial charge on any atom is -0.497 e. The molecule has 2 heterocycles. The standard InChI is InChI=1S/C16H14N2O3/c1-21-12-6-4-5-11(9-12)16-13(10-15(19)20)18-8-3-2-7-14(18)17-16/h2-9H,10H2,1H3,(H,19,20). The molecule has 0 fully saturated rings. The fourth-order valence-corrected chi connectivity index (χ4v) is 2.36. The molecule has 0 aliphatic rings. The number of fused-ring (bicyclic) bond motifs is 1. The number of carboxylic acid groups (broad SMARTS) is 1. The van der Waals surface area contributed by atoms with Crippen LogP contribution < -0.4 is 4.74 Å². The van der Waals surface area contributed by atoms with Crippen molar-refractivity contribution in [3.8, 4) is 17.0 Å². The number of imidazole rings is 1. The Labute approximate surface area is 121 Å². The summed E-state index contributed by atoms with van der Waals surface area (Å²) in [4.78, 5) is 15.7. The molecule has 1 aromatic carbocycles. The Morgan fingerprint density at radius 3 is 2.90 bits per heavy atom. The SMILES string of the molecule is COc1cccc(-c2nc3ccccn3c2CC(=O)O)c1. The molecule has 5 heteroatoms. The molecule has 2 aromatic heterocycles. The first kappa shape index (κ1) is 13.2. The third-order valence-corrected chi connectivity index (χ3v) is 3.29. The topological polar surface area (TPSA) is 63.8 Å². The molecular formula is C16H14N2O3. The van der Waals surface area contributed by atoms with Crippen LogP contribution in [0.5, 0.6) is 5.75 Å².